The first kappa shape index (κ1) is 14.9. The van der Waals surface area contributed by atoms with Crippen LogP contribution >= 0.6 is 11.3 Å². The lowest BCUT2D eigenvalue weighted by atomic mass is 10.0. The lowest BCUT2D eigenvalue weighted by Gasteiger charge is -2.13. The minimum absolute atomic E-state index is 0.0506. The van der Waals surface area contributed by atoms with Gasteiger partial charge in [0, 0.05) is 23.4 Å². The van der Waals surface area contributed by atoms with E-state index in [1.54, 1.807) is 17.4 Å². The molecule has 0 saturated heterocycles. The highest BCUT2D eigenvalue weighted by molar-refractivity contribution is 7.10. The first-order valence-electron chi connectivity index (χ1n) is 7.47. The van der Waals surface area contributed by atoms with Crippen LogP contribution in [0.4, 0.5) is 0 Å². The molecule has 1 amide bonds. The van der Waals surface area contributed by atoms with E-state index in [1.165, 1.54) is 11.1 Å². The second-order valence-electron chi connectivity index (χ2n) is 5.50. The Kier molecular flexibility index (Phi) is 4.59. The van der Waals surface area contributed by atoms with E-state index >= 15 is 0 Å². The Morgan fingerprint density at radius 1 is 1.45 bits per heavy atom. The molecule has 0 bridgehead atoms. The fourth-order valence-corrected chi connectivity index (χ4v) is 3.22. The zero-order valence-electron chi connectivity index (χ0n) is 12.5. The van der Waals surface area contributed by atoms with Crippen molar-refractivity contribution in [1.29, 1.82) is 0 Å². The molecule has 1 aromatic heterocycles. The molecule has 0 unspecified atom stereocenters. The van der Waals surface area contributed by atoms with E-state index in [1.807, 2.05) is 36.6 Å². The van der Waals surface area contributed by atoms with Crippen LogP contribution in [0.5, 0.6) is 5.75 Å². The fourth-order valence-electron chi connectivity index (χ4n) is 2.61. The minimum Gasteiger partial charge on any atom is -0.493 e. The van der Waals surface area contributed by atoms with Gasteiger partial charge in [-0.2, -0.15) is 0 Å². The van der Waals surface area contributed by atoms with Gasteiger partial charge in [0.1, 0.15) is 5.75 Å². The van der Waals surface area contributed by atoms with Crippen molar-refractivity contribution in [2.75, 3.05) is 6.61 Å². The minimum atomic E-state index is -0.0506. The molecule has 0 fully saturated rings. The third-order valence-corrected chi connectivity index (χ3v) is 4.46. The van der Waals surface area contributed by atoms with Crippen molar-refractivity contribution in [2.45, 2.75) is 25.8 Å². The lowest BCUT2D eigenvalue weighted by molar-refractivity contribution is -0.117. The van der Waals surface area contributed by atoms with E-state index in [-0.39, 0.29) is 11.9 Å². The molecule has 2 aromatic rings. The maximum atomic E-state index is 11.9. The van der Waals surface area contributed by atoms with E-state index in [0.29, 0.717) is 0 Å². The van der Waals surface area contributed by atoms with Crippen LogP contribution in [0.15, 0.2) is 41.8 Å². The Labute approximate surface area is 134 Å². The van der Waals surface area contributed by atoms with Gasteiger partial charge in [0.15, 0.2) is 0 Å². The Hall–Kier alpha value is -2.07. The number of fused-ring (bicyclic) bond motifs is 1. The van der Waals surface area contributed by atoms with Gasteiger partial charge in [0.25, 0.3) is 0 Å². The quantitative estimate of drug-likeness (QED) is 0.859. The number of carbonyl (C=O) groups is 1. The molecule has 4 heteroatoms. The average molecular weight is 313 g/mol. The Morgan fingerprint density at radius 3 is 3.18 bits per heavy atom. The van der Waals surface area contributed by atoms with Crippen LogP contribution in [-0.2, 0) is 17.6 Å². The standard InChI is InChI=1S/C18H19NO2S/c1-13(19-18(20)7-5-16-3-2-10-22-16)11-14-4-6-17-15(12-14)8-9-21-17/h2-7,10,12-13H,8-9,11H2,1H3,(H,19,20)/b7-5+/t13-/m0/s1. The summed E-state index contributed by atoms with van der Waals surface area (Å²) in [5.41, 5.74) is 2.51. The Morgan fingerprint density at radius 2 is 2.36 bits per heavy atom. The molecule has 1 aromatic carbocycles. The van der Waals surface area contributed by atoms with E-state index in [0.717, 1.165) is 30.1 Å². The summed E-state index contributed by atoms with van der Waals surface area (Å²) < 4.78 is 5.51. The summed E-state index contributed by atoms with van der Waals surface area (Å²) in [5.74, 6) is 0.949. The number of ether oxygens (including phenoxy) is 1. The first-order valence-corrected chi connectivity index (χ1v) is 8.35. The predicted octanol–water partition coefficient (Wildman–Crippen LogP) is 3.44. The number of nitrogens with one attached hydrogen (secondary N) is 1. The van der Waals surface area contributed by atoms with E-state index < -0.39 is 0 Å². The highest BCUT2D eigenvalue weighted by atomic mass is 32.1. The summed E-state index contributed by atoms with van der Waals surface area (Å²) in [5, 5.41) is 5.00. The number of hydrogen-bond donors (Lipinski definition) is 1. The third-order valence-electron chi connectivity index (χ3n) is 3.63. The molecule has 0 saturated carbocycles. The van der Waals surface area contributed by atoms with E-state index in [2.05, 4.69) is 17.4 Å². The molecule has 3 rings (SSSR count). The fraction of sp³-hybridized carbons (Fsp3) is 0.278. The smallest absolute Gasteiger partial charge is 0.244 e. The van der Waals surface area contributed by atoms with E-state index in [9.17, 15) is 4.79 Å². The van der Waals surface area contributed by atoms with Gasteiger partial charge in [0.05, 0.1) is 6.61 Å². The number of thiophene rings is 1. The van der Waals surface area contributed by atoms with Crippen molar-refractivity contribution in [3.8, 4) is 5.75 Å². The summed E-state index contributed by atoms with van der Waals surface area (Å²) in [6, 6.07) is 10.4. The van der Waals surface area contributed by atoms with Crippen LogP contribution in [-0.4, -0.2) is 18.6 Å². The van der Waals surface area contributed by atoms with Gasteiger partial charge in [-0.1, -0.05) is 18.2 Å². The number of benzene rings is 1. The largest absolute Gasteiger partial charge is 0.493 e. The monoisotopic (exact) mass is 313 g/mol. The zero-order valence-corrected chi connectivity index (χ0v) is 13.4. The highest BCUT2D eigenvalue weighted by Crippen LogP contribution is 2.26. The topological polar surface area (TPSA) is 38.3 Å². The van der Waals surface area contributed by atoms with Gasteiger partial charge in [0.2, 0.25) is 5.91 Å². The maximum Gasteiger partial charge on any atom is 0.244 e. The van der Waals surface area contributed by atoms with Crippen LogP contribution in [0.25, 0.3) is 6.08 Å². The molecule has 114 valence electrons. The molecule has 1 aliphatic heterocycles. The maximum absolute atomic E-state index is 11.9. The van der Waals surface area contributed by atoms with Crippen molar-refractivity contribution in [3.05, 3.63) is 57.8 Å². The lowest BCUT2D eigenvalue weighted by Crippen LogP contribution is -2.32. The van der Waals surface area contributed by atoms with Crippen molar-refractivity contribution in [1.82, 2.24) is 5.32 Å². The summed E-state index contributed by atoms with van der Waals surface area (Å²) in [6.45, 7) is 2.80. The Bertz CT molecular complexity index is 676. The first-order chi connectivity index (χ1) is 10.7. The average Bonchev–Trinajstić information content (AvgIpc) is 3.15. The van der Waals surface area contributed by atoms with E-state index in [4.69, 9.17) is 4.74 Å². The van der Waals surface area contributed by atoms with Crippen LogP contribution in [0, 0.1) is 0 Å². The number of hydrogen-bond acceptors (Lipinski definition) is 3. The van der Waals surface area contributed by atoms with Crippen molar-refractivity contribution < 1.29 is 9.53 Å². The number of amides is 1. The molecule has 1 atom stereocenters. The second-order valence-corrected chi connectivity index (χ2v) is 6.48. The van der Waals surface area contributed by atoms with Crippen molar-refractivity contribution in [2.24, 2.45) is 0 Å². The predicted molar refractivity (Wildman–Crippen MR) is 90.3 cm³/mol. The molecular weight excluding hydrogens is 294 g/mol. The summed E-state index contributed by atoms with van der Waals surface area (Å²) in [6.07, 6.45) is 5.25. The summed E-state index contributed by atoms with van der Waals surface area (Å²) in [4.78, 5) is 13.0. The van der Waals surface area contributed by atoms with Crippen LogP contribution in [0.3, 0.4) is 0 Å². The van der Waals surface area contributed by atoms with Crippen LogP contribution < -0.4 is 10.1 Å². The van der Waals surface area contributed by atoms with Gasteiger partial charge in [-0.3, -0.25) is 4.79 Å². The molecule has 0 radical (unpaired) electrons. The number of rotatable bonds is 5. The van der Waals surface area contributed by atoms with Gasteiger partial charge in [-0.15, -0.1) is 11.3 Å². The van der Waals surface area contributed by atoms with Crippen molar-refractivity contribution in [3.63, 3.8) is 0 Å². The van der Waals surface area contributed by atoms with Crippen LogP contribution in [0.2, 0.25) is 0 Å². The SMILES string of the molecule is C[C@@H](Cc1ccc2c(c1)CCO2)NC(=O)/C=C/c1cccs1. The Balaban J connectivity index is 1.53. The zero-order chi connectivity index (χ0) is 15.4. The van der Waals surface area contributed by atoms with Crippen LogP contribution in [0.1, 0.15) is 22.9 Å². The highest BCUT2D eigenvalue weighted by Gasteiger charge is 2.13. The third kappa shape index (κ3) is 3.77. The van der Waals surface area contributed by atoms with Gasteiger partial charge in [-0.05, 0) is 48.1 Å². The summed E-state index contributed by atoms with van der Waals surface area (Å²) >= 11 is 1.62. The molecule has 3 nitrogen and oxygen atoms in total. The second kappa shape index (κ2) is 6.79. The molecule has 22 heavy (non-hydrogen) atoms. The van der Waals surface area contributed by atoms with Gasteiger partial charge < -0.3 is 10.1 Å². The van der Waals surface area contributed by atoms with Gasteiger partial charge in [-0.25, -0.2) is 0 Å². The molecule has 1 aliphatic rings. The summed E-state index contributed by atoms with van der Waals surface area (Å²) in [7, 11) is 0. The molecule has 1 N–H and O–H groups in total. The molecule has 2 heterocycles. The van der Waals surface area contributed by atoms with Gasteiger partial charge >= 0.3 is 0 Å². The van der Waals surface area contributed by atoms with Crippen molar-refractivity contribution >= 4 is 23.3 Å². The molecular formula is C18H19NO2S. The molecule has 0 spiro atoms. The number of carbonyl (C=O) groups excluding carboxylic acids is 1. The molecule has 0 aliphatic carbocycles. The normalized spacial score (nSPS) is 14.6.